The van der Waals surface area contributed by atoms with Gasteiger partial charge >= 0.3 is 6.18 Å². The van der Waals surface area contributed by atoms with Gasteiger partial charge in [0.15, 0.2) is 11.7 Å². The maximum absolute atomic E-state index is 12.6. The summed E-state index contributed by atoms with van der Waals surface area (Å²) in [5.74, 6) is 0.0422. The van der Waals surface area contributed by atoms with Gasteiger partial charge in [0.1, 0.15) is 16.3 Å². The summed E-state index contributed by atoms with van der Waals surface area (Å²) in [5, 5.41) is 10.7. The van der Waals surface area contributed by atoms with Crippen molar-refractivity contribution in [2.45, 2.75) is 20.0 Å². The highest BCUT2D eigenvalue weighted by molar-refractivity contribution is 7.16. The molecule has 0 bridgehead atoms. The van der Waals surface area contributed by atoms with Gasteiger partial charge in [-0.3, -0.25) is 4.79 Å². The van der Waals surface area contributed by atoms with E-state index in [4.69, 9.17) is 4.74 Å². The summed E-state index contributed by atoms with van der Waals surface area (Å²) in [6.45, 7) is 1.87. The van der Waals surface area contributed by atoms with Crippen molar-refractivity contribution in [1.82, 2.24) is 4.98 Å². The van der Waals surface area contributed by atoms with Crippen LogP contribution in [0.25, 0.3) is 21.7 Å². The summed E-state index contributed by atoms with van der Waals surface area (Å²) in [6.07, 6.45) is -4.44. The Kier molecular flexibility index (Phi) is 5.42. The van der Waals surface area contributed by atoms with Gasteiger partial charge in [0.2, 0.25) is 0 Å². The number of hydrogen-bond acceptors (Lipinski definition) is 5. The predicted molar refractivity (Wildman–Crippen MR) is 102 cm³/mol. The van der Waals surface area contributed by atoms with Gasteiger partial charge < -0.3 is 9.84 Å². The van der Waals surface area contributed by atoms with Gasteiger partial charge in [0, 0.05) is 5.56 Å². The van der Waals surface area contributed by atoms with Crippen LogP contribution in [0.5, 0.6) is 10.8 Å². The van der Waals surface area contributed by atoms with Gasteiger partial charge in [-0.1, -0.05) is 41.7 Å². The molecule has 8 heteroatoms. The van der Waals surface area contributed by atoms with E-state index in [1.807, 2.05) is 6.07 Å². The first-order valence-corrected chi connectivity index (χ1v) is 9.08. The second-order valence-electron chi connectivity index (χ2n) is 6.21. The minimum absolute atomic E-state index is 0.0297. The molecule has 4 nitrogen and oxygen atoms in total. The molecule has 1 heterocycles. The first kappa shape index (κ1) is 19.9. The van der Waals surface area contributed by atoms with Crippen LogP contribution in [0.1, 0.15) is 11.1 Å². The molecule has 0 unspecified atom stereocenters. The van der Waals surface area contributed by atoms with Crippen molar-refractivity contribution < 1.29 is 23.0 Å². The van der Waals surface area contributed by atoms with E-state index >= 15 is 0 Å². The van der Waals surface area contributed by atoms with Crippen LogP contribution in [0.2, 0.25) is 0 Å². The molecule has 0 aliphatic rings. The first-order valence-electron chi connectivity index (χ1n) is 8.26. The lowest BCUT2D eigenvalue weighted by Crippen LogP contribution is -2.19. The van der Waals surface area contributed by atoms with Gasteiger partial charge in [0.05, 0.1) is 0 Å². The Morgan fingerprint density at radius 2 is 1.68 bits per heavy atom. The van der Waals surface area contributed by atoms with Crippen LogP contribution in [0.3, 0.4) is 0 Å². The zero-order chi connectivity index (χ0) is 20.5. The molecule has 0 spiro atoms. The molecule has 0 aliphatic carbocycles. The Hall–Kier alpha value is -2.87. The van der Waals surface area contributed by atoms with E-state index in [2.05, 4.69) is 4.98 Å². The smallest absolute Gasteiger partial charge is 0.422 e. The summed E-state index contributed by atoms with van der Waals surface area (Å²) in [7, 11) is 0. The number of hydrogen-bond donors (Lipinski definition) is 1. The molecule has 0 saturated carbocycles. The highest BCUT2D eigenvalue weighted by Crippen LogP contribution is 2.38. The van der Waals surface area contributed by atoms with Crippen molar-refractivity contribution in [3.63, 3.8) is 0 Å². The van der Waals surface area contributed by atoms with E-state index in [0.29, 0.717) is 27.3 Å². The van der Waals surface area contributed by atoms with Crippen molar-refractivity contribution in [2.75, 3.05) is 6.61 Å². The molecule has 146 valence electrons. The molecule has 0 radical (unpaired) electrons. The van der Waals surface area contributed by atoms with Crippen LogP contribution < -0.4 is 10.3 Å². The Morgan fingerprint density at radius 3 is 2.21 bits per heavy atom. The Balaban J connectivity index is 2.03. The van der Waals surface area contributed by atoms with Crippen molar-refractivity contribution >= 4 is 11.3 Å². The largest absolute Gasteiger partial charge is 0.499 e. The van der Waals surface area contributed by atoms with Crippen LogP contribution in [0.15, 0.2) is 47.3 Å². The number of aryl methyl sites for hydroxylation is 2. The van der Waals surface area contributed by atoms with Crippen LogP contribution in [-0.2, 0) is 0 Å². The lowest BCUT2D eigenvalue weighted by Gasteiger charge is -2.15. The monoisotopic (exact) mass is 407 g/mol. The lowest BCUT2D eigenvalue weighted by atomic mass is 9.97. The summed E-state index contributed by atoms with van der Waals surface area (Å²) in [6, 6.07) is 11.8. The van der Waals surface area contributed by atoms with Gasteiger partial charge in [-0.25, -0.2) is 0 Å². The van der Waals surface area contributed by atoms with E-state index < -0.39 is 18.3 Å². The quantitative estimate of drug-likeness (QED) is 0.654. The first-order chi connectivity index (χ1) is 13.2. The van der Waals surface area contributed by atoms with E-state index in [1.165, 1.54) is 12.1 Å². The fourth-order valence-electron chi connectivity index (χ4n) is 2.89. The standard InChI is InChI=1S/C20H16F3NO3S/c1-11-8-14(27-10-20(21,22)23)9-12(2)15(11)16-17(25)24-18(28-19(16)26)13-6-4-3-5-7-13/h3-9,26H,10H2,1-2H3. The van der Waals surface area contributed by atoms with Crippen LogP contribution in [0, 0.1) is 13.8 Å². The third-order valence-electron chi connectivity index (χ3n) is 4.00. The molecular weight excluding hydrogens is 391 g/mol. The highest BCUT2D eigenvalue weighted by Gasteiger charge is 2.28. The Morgan fingerprint density at radius 1 is 1.07 bits per heavy atom. The number of alkyl halides is 3. The zero-order valence-corrected chi connectivity index (χ0v) is 15.8. The van der Waals surface area contributed by atoms with Crippen LogP contribution >= 0.6 is 11.3 Å². The molecular formula is C20H16F3NO3S. The number of rotatable bonds is 4. The number of benzene rings is 2. The third-order valence-corrected chi connectivity index (χ3v) is 4.92. The maximum Gasteiger partial charge on any atom is 0.422 e. The fourth-order valence-corrected chi connectivity index (χ4v) is 3.75. The van der Waals surface area contributed by atoms with Gasteiger partial charge in [-0.05, 0) is 42.7 Å². The van der Waals surface area contributed by atoms with Gasteiger partial charge in [-0.15, -0.1) is 0 Å². The molecule has 1 aromatic heterocycles. The summed E-state index contributed by atoms with van der Waals surface area (Å²) in [4.78, 5) is 16.7. The van der Waals surface area contributed by atoms with Gasteiger partial charge in [0.25, 0.3) is 5.56 Å². The molecule has 3 aromatic rings. The molecule has 28 heavy (non-hydrogen) atoms. The molecule has 0 aliphatic heterocycles. The highest BCUT2D eigenvalue weighted by atomic mass is 32.1. The van der Waals surface area contributed by atoms with E-state index in [9.17, 15) is 23.1 Å². The van der Waals surface area contributed by atoms with Crippen molar-refractivity contribution in [3.05, 3.63) is 63.9 Å². The van der Waals surface area contributed by atoms with Crippen molar-refractivity contribution in [1.29, 1.82) is 0 Å². The number of nitrogens with zero attached hydrogens (tertiary/aromatic N) is 1. The van der Waals surface area contributed by atoms with E-state index in [0.717, 1.165) is 11.3 Å². The fraction of sp³-hybridized carbons (Fsp3) is 0.200. The van der Waals surface area contributed by atoms with E-state index in [-0.39, 0.29) is 16.4 Å². The number of ether oxygens (including phenoxy) is 1. The molecule has 2 aromatic carbocycles. The minimum Gasteiger partial charge on any atom is -0.499 e. The molecule has 0 saturated heterocycles. The molecule has 3 rings (SSSR count). The third kappa shape index (κ3) is 4.33. The van der Waals surface area contributed by atoms with Crippen molar-refractivity contribution in [3.8, 4) is 32.5 Å². The summed E-state index contributed by atoms with van der Waals surface area (Å²) < 4.78 is 41.9. The SMILES string of the molecule is Cc1cc(OCC(F)(F)F)cc(C)c1-c1c(O)sc(-c2ccccc2)nc1=O. The summed E-state index contributed by atoms with van der Waals surface area (Å²) >= 11 is 0.966. The minimum atomic E-state index is -4.44. The van der Waals surface area contributed by atoms with Gasteiger partial charge in [-0.2, -0.15) is 18.2 Å². The second-order valence-corrected chi connectivity index (χ2v) is 7.18. The zero-order valence-electron chi connectivity index (χ0n) is 15.0. The van der Waals surface area contributed by atoms with E-state index in [1.54, 1.807) is 38.1 Å². The average molecular weight is 407 g/mol. The lowest BCUT2D eigenvalue weighted by molar-refractivity contribution is -0.153. The Bertz CT molecular complexity index is 1040. The number of aromatic hydroxyl groups is 1. The predicted octanol–water partition coefficient (Wildman–Crippen LogP) is 5.10. The molecule has 1 N–H and O–H groups in total. The van der Waals surface area contributed by atoms with Crippen LogP contribution in [-0.4, -0.2) is 22.9 Å². The number of aromatic nitrogens is 1. The topological polar surface area (TPSA) is 59.4 Å². The average Bonchev–Trinajstić information content (AvgIpc) is 2.61. The molecule has 0 atom stereocenters. The summed E-state index contributed by atoms with van der Waals surface area (Å²) in [5.41, 5.74) is 1.57. The molecule has 0 fully saturated rings. The second kappa shape index (κ2) is 7.63. The number of halogens is 3. The normalized spacial score (nSPS) is 11.5. The maximum atomic E-state index is 12.6. The van der Waals surface area contributed by atoms with Crippen molar-refractivity contribution in [2.24, 2.45) is 0 Å². The Labute approximate surface area is 162 Å². The molecule has 0 amide bonds. The van der Waals surface area contributed by atoms with Crippen LogP contribution in [0.4, 0.5) is 13.2 Å².